The van der Waals surface area contributed by atoms with Gasteiger partial charge >= 0.3 is 0 Å². The van der Waals surface area contributed by atoms with Crippen molar-refractivity contribution in [2.24, 2.45) is 7.05 Å². The highest BCUT2D eigenvalue weighted by Crippen LogP contribution is 2.26. The van der Waals surface area contributed by atoms with Gasteiger partial charge in [-0.1, -0.05) is 17.7 Å². The molecule has 2 aromatic heterocycles. The number of anilines is 2. The summed E-state index contributed by atoms with van der Waals surface area (Å²) in [5.41, 5.74) is 1.09. The molecule has 1 amide bonds. The average molecular weight is 391 g/mol. The maximum absolute atomic E-state index is 12.9. The largest absolute Gasteiger partial charge is 0.298 e. The van der Waals surface area contributed by atoms with E-state index in [1.165, 1.54) is 41.4 Å². The molecule has 1 N–H and O–H groups in total. The van der Waals surface area contributed by atoms with E-state index in [1.807, 2.05) is 6.92 Å². The summed E-state index contributed by atoms with van der Waals surface area (Å²) in [4.78, 5) is 16.7. The Bertz CT molecular complexity index is 1020. The van der Waals surface area contributed by atoms with Crippen LogP contribution < -0.4 is 9.62 Å². The second-order valence-corrected chi connectivity index (χ2v) is 8.45. The number of sulfonamides is 1. The van der Waals surface area contributed by atoms with Crippen LogP contribution in [-0.4, -0.2) is 36.1 Å². The maximum atomic E-state index is 12.9. The van der Waals surface area contributed by atoms with Crippen LogP contribution in [0.1, 0.15) is 15.9 Å². The molecule has 0 bridgehead atoms. The molecular formula is C16H17N5O3S2. The number of nitrogens with zero attached hydrogens (tertiary/aromatic N) is 4. The Hall–Kier alpha value is -2.72. The predicted molar refractivity (Wildman–Crippen MR) is 100 cm³/mol. The highest BCUT2D eigenvalue weighted by molar-refractivity contribution is 7.92. The molecule has 0 aliphatic carbocycles. The molecule has 0 saturated heterocycles. The van der Waals surface area contributed by atoms with E-state index in [2.05, 4.69) is 15.4 Å². The molecule has 0 fully saturated rings. The third kappa shape index (κ3) is 3.33. The van der Waals surface area contributed by atoms with Crippen LogP contribution in [0.5, 0.6) is 0 Å². The number of hydrogen-bond donors (Lipinski definition) is 1. The summed E-state index contributed by atoms with van der Waals surface area (Å²) in [5.74, 6) is -0.311. The molecule has 0 spiro atoms. The van der Waals surface area contributed by atoms with Crippen molar-refractivity contribution in [3.05, 3.63) is 53.2 Å². The number of carbonyl (C=O) groups excluding carboxylic acids is 1. The van der Waals surface area contributed by atoms with E-state index in [4.69, 9.17) is 0 Å². The van der Waals surface area contributed by atoms with Crippen LogP contribution in [0, 0.1) is 6.92 Å². The number of hydrogen-bond acceptors (Lipinski definition) is 6. The lowest BCUT2D eigenvalue weighted by atomic mass is 10.2. The molecule has 0 saturated carbocycles. The van der Waals surface area contributed by atoms with Crippen molar-refractivity contribution < 1.29 is 13.2 Å². The first-order valence-corrected chi connectivity index (χ1v) is 9.91. The molecule has 8 nitrogen and oxygen atoms in total. The second-order valence-electron chi connectivity index (χ2n) is 5.58. The normalized spacial score (nSPS) is 11.3. The van der Waals surface area contributed by atoms with Gasteiger partial charge in [0.25, 0.3) is 15.9 Å². The Kier molecular flexibility index (Phi) is 4.79. The monoisotopic (exact) mass is 391 g/mol. The van der Waals surface area contributed by atoms with E-state index in [0.717, 1.165) is 9.87 Å². The van der Waals surface area contributed by atoms with Gasteiger partial charge in [0.05, 0.1) is 11.1 Å². The van der Waals surface area contributed by atoms with Gasteiger partial charge in [-0.3, -0.25) is 19.1 Å². The Morgan fingerprint density at radius 3 is 2.58 bits per heavy atom. The fourth-order valence-corrected chi connectivity index (χ4v) is 4.16. The SMILES string of the molecule is Cc1ccc(S(=O)(=O)N(C)c2c(C(=O)Nc3nccs3)cnn2C)cc1. The number of aryl methyl sites for hydroxylation is 2. The number of benzene rings is 1. The van der Waals surface area contributed by atoms with Gasteiger partial charge < -0.3 is 0 Å². The van der Waals surface area contributed by atoms with E-state index < -0.39 is 15.9 Å². The first-order chi connectivity index (χ1) is 12.3. The number of amides is 1. The fourth-order valence-electron chi connectivity index (χ4n) is 2.40. The molecule has 26 heavy (non-hydrogen) atoms. The lowest BCUT2D eigenvalue weighted by molar-refractivity contribution is 0.102. The van der Waals surface area contributed by atoms with Crippen molar-refractivity contribution >= 4 is 38.2 Å². The molecule has 1 aromatic carbocycles. The summed E-state index contributed by atoms with van der Waals surface area (Å²) < 4.78 is 28.3. The van der Waals surface area contributed by atoms with Crippen molar-refractivity contribution in [3.8, 4) is 0 Å². The van der Waals surface area contributed by atoms with Gasteiger partial charge in [-0.15, -0.1) is 11.3 Å². The van der Waals surface area contributed by atoms with Gasteiger partial charge in [-0.25, -0.2) is 13.4 Å². The Balaban J connectivity index is 1.97. The Morgan fingerprint density at radius 2 is 1.96 bits per heavy atom. The van der Waals surface area contributed by atoms with Crippen molar-refractivity contribution in [2.45, 2.75) is 11.8 Å². The van der Waals surface area contributed by atoms with Gasteiger partial charge in [0, 0.05) is 25.7 Å². The van der Waals surface area contributed by atoms with Gasteiger partial charge in [-0.05, 0) is 19.1 Å². The van der Waals surface area contributed by atoms with E-state index in [-0.39, 0.29) is 16.3 Å². The summed E-state index contributed by atoms with van der Waals surface area (Å²) >= 11 is 1.27. The average Bonchev–Trinajstić information content (AvgIpc) is 3.24. The number of nitrogens with one attached hydrogen (secondary N) is 1. The minimum Gasteiger partial charge on any atom is -0.298 e. The molecule has 2 heterocycles. The van der Waals surface area contributed by atoms with Crippen LogP contribution in [0.4, 0.5) is 10.9 Å². The fraction of sp³-hybridized carbons (Fsp3) is 0.188. The van der Waals surface area contributed by atoms with E-state index >= 15 is 0 Å². The predicted octanol–water partition coefficient (Wildman–Crippen LogP) is 2.26. The molecule has 0 aliphatic heterocycles. The Morgan fingerprint density at radius 1 is 1.27 bits per heavy atom. The molecule has 3 rings (SSSR count). The molecule has 0 aliphatic rings. The van der Waals surface area contributed by atoms with Gasteiger partial charge in [0.2, 0.25) is 0 Å². The first-order valence-electron chi connectivity index (χ1n) is 7.59. The molecule has 3 aromatic rings. The summed E-state index contributed by atoms with van der Waals surface area (Å²) in [6, 6.07) is 6.51. The number of carbonyl (C=O) groups is 1. The van der Waals surface area contributed by atoms with E-state index in [9.17, 15) is 13.2 Å². The van der Waals surface area contributed by atoms with Crippen LogP contribution in [0.15, 0.2) is 46.9 Å². The molecule has 10 heteroatoms. The molecular weight excluding hydrogens is 374 g/mol. The van der Waals surface area contributed by atoms with Crippen molar-refractivity contribution in [3.63, 3.8) is 0 Å². The minimum atomic E-state index is -3.84. The highest BCUT2D eigenvalue weighted by Gasteiger charge is 2.28. The van der Waals surface area contributed by atoms with Crippen LogP contribution in [-0.2, 0) is 17.1 Å². The summed E-state index contributed by atoms with van der Waals surface area (Å²) in [6.07, 6.45) is 2.90. The van der Waals surface area contributed by atoms with Crippen LogP contribution in [0.25, 0.3) is 0 Å². The third-order valence-corrected chi connectivity index (χ3v) is 6.23. The van der Waals surface area contributed by atoms with Crippen LogP contribution in [0.3, 0.4) is 0 Å². The summed E-state index contributed by atoms with van der Waals surface area (Å²) in [7, 11) is -0.865. The zero-order valence-corrected chi connectivity index (χ0v) is 16.0. The molecule has 0 atom stereocenters. The van der Waals surface area contributed by atoms with Crippen molar-refractivity contribution in [2.75, 3.05) is 16.7 Å². The topological polar surface area (TPSA) is 97.2 Å². The van der Waals surface area contributed by atoms with Crippen molar-refractivity contribution in [1.82, 2.24) is 14.8 Å². The number of rotatable bonds is 5. The van der Waals surface area contributed by atoms with E-state index in [1.54, 1.807) is 30.8 Å². The Labute approximate surface area is 155 Å². The smallest absolute Gasteiger partial charge is 0.265 e. The minimum absolute atomic E-state index is 0.137. The van der Waals surface area contributed by atoms with E-state index in [0.29, 0.717) is 5.13 Å². The lowest BCUT2D eigenvalue weighted by Crippen LogP contribution is -2.30. The molecule has 0 radical (unpaired) electrons. The first kappa shape index (κ1) is 18.1. The van der Waals surface area contributed by atoms with Crippen LogP contribution >= 0.6 is 11.3 Å². The lowest BCUT2D eigenvalue weighted by Gasteiger charge is -2.20. The number of aromatic nitrogens is 3. The maximum Gasteiger partial charge on any atom is 0.265 e. The van der Waals surface area contributed by atoms with Gasteiger partial charge in [-0.2, -0.15) is 5.10 Å². The standard InChI is InChI=1S/C16H17N5O3S2/c1-11-4-6-12(7-5-11)26(23,24)21(3)15-13(10-18-20(15)2)14(22)19-16-17-8-9-25-16/h4-10H,1-3H3,(H,17,19,22). The second kappa shape index (κ2) is 6.89. The third-order valence-electron chi connectivity index (χ3n) is 3.78. The zero-order valence-electron chi connectivity index (χ0n) is 14.4. The van der Waals surface area contributed by atoms with Crippen LogP contribution in [0.2, 0.25) is 0 Å². The zero-order chi connectivity index (χ0) is 18.9. The van der Waals surface area contributed by atoms with Gasteiger partial charge in [0.1, 0.15) is 5.56 Å². The van der Waals surface area contributed by atoms with Crippen molar-refractivity contribution in [1.29, 1.82) is 0 Å². The summed E-state index contributed by atoms with van der Waals surface area (Å²) in [5, 5.41) is 8.84. The highest BCUT2D eigenvalue weighted by atomic mass is 32.2. The molecule has 136 valence electrons. The quantitative estimate of drug-likeness (QED) is 0.719. The number of thiazole rings is 1. The van der Waals surface area contributed by atoms with Gasteiger partial charge in [0.15, 0.2) is 10.9 Å². The summed E-state index contributed by atoms with van der Waals surface area (Å²) in [6.45, 7) is 1.88. The molecule has 0 unspecified atom stereocenters.